The lowest BCUT2D eigenvalue weighted by Gasteiger charge is -2.40. The van der Waals surface area contributed by atoms with Crippen LogP contribution in [0.15, 0.2) is 12.3 Å². The second-order valence-electron chi connectivity index (χ2n) is 6.78. The van der Waals surface area contributed by atoms with E-state index in [-0.39, 0.29) is 0 Å². The van der Waals surface area contributed by atoms with E-state index in [9.17, 15) is 0 Å². The highest BCUT2D eigenvalue weighted by Gasteiger charge is 2.29. The Balaban J connectivity index is 2.09. The fourth-order valence-electron chi connectivity index (χ4n) is 3.05. The maximum absolute atomic E-state index is 4.49. The summed E-state index contributed by atoms with van der Waals surface area (Å²) in [4.78, 5) is 7.06. The molecule has 0 radical (unpaired) electrons. The minimum atomic E-state index is 0.541. The molecule has 2 rings (SSSR count). The van der Waals surface area contributed by atoms with E-state index in [0.29, 0.717) is 5.41 Å². The van der Waals surface area contributed by atoms with Gasteiger partial charge in [-0.15, -0.1) is 0 Å². The van der Waals surface area contributed by atoms with Crippen molar-refractivity contribution in [1.82, 2.24) is 10.3 Å². The second kappa shape index (κ2) is 7.26. The third kappa shape index (κ3) is 4.19. The van der Waals surface area contributed by atoms with Crippen LogP contribution in [-0.2, 0) is 6.54 Å². The Bertz CT molecular complexity index is 448. The van der Waals surface area contributed by atoms with Crippen LogP contribution in [0.2, 0.25) is 0 Å². The van der Waals surface area contributed by atoms with Gasteiger partial charge in [0.1, 0.15) is 0 Å². The van der Waals surface area contributed by atoms with Gasteiger partial charge < -0.3 is 10.2 Å². The van der Waals surface area contributed by atoms with Gasteiger partial charge in [0.25, 0.3) is 0 Å². The van der Waals surface area contributed by atoms with Gasteiger partial charge in [0.15, 0.2) is 0 Å². The molecule has 0 aliphatic carbocycles. The topological polar surface area (TPSA) is 28.2 Å². The molecule has 1 saturated heterocycles. The first-order chi connectivity index (χ1) is 10.1. The molecule has 1 N–H and O–H groups in total. The lowest BCUT2D eigenvalue weighted by atomic mass is 9.78. The standard InChI is InChI=1S/C18H31N3/c1-5-9-19-13-16-14-20-15(3)12-17(16)21-10-7-18(4,6-2)8-11-21/h12,14,19H,5-11,13H2,1-4H3. The Morgan fingerprint density at radius 3 is 2.62 bits per heavy atom. The molecule has 1 aromatic rings. The molecule has 1 aliphatic rings. The number of aromatic nitrogens is 1. The summed E-state index contributed by atoms with van der Waals surface area (Å²) in [5.41, 5.74) is 4.39. The van der Waals surface area contributed by atoms with Crippen molar-refractivity contribution in [2.75, 3.05) is 24.5 Å². The zero-order chi connectivity index (χ0) is 15.3. The lowest BCUT2D eigenvalue weighted by Crippen LogP contribution is -2.39. The summed E-state index contributed by atoms with van der Waals surface area (Å²) in [6.45, 7) is 13.4. The normalized spacial score (nSPS) is 18.0. The van der Waals surface area contributed by atoms with E-state index in [1.54, 1.807) is 0 Å². The molecule has 0 amide bonds. The van der Waals surface area contributed by atoms with Gasteiger partial charge in [-0.2, -0.15) is 0 Å². The summed E-state index contributed by atoms with van der Waals surface area (Å²) in [5, 5.41) is 3.51. The van der Waals surface area contributed by atoms with Crippen LogP contribution in [-0.4, -0.2) is 24.6 Å². The number of nitrogens with zero attached hydrogens (tertiary/aromatic N) is 2. The van der Waals surface area contributed by atoms with Crippen molar-refractivity contribution in [3.8, 4) is 0 Å². The van der Waals surface area contributed by atoms with Crippen LogP contribution >= 0.6 is 0 Å². The number of aryl methyl sites for hydroxylation is 1. The average molecular weight is 289 g/mol. The summed E-state index contributed by atoms with van der Waals surface area (Å²) in [7, 11) is 0. The molecule has 1 fully saturated rings. The predicted octanol–water partition coefficient (Wildman–Crippen LogP) is 3.91. The van der Waals surface area contributed by atoms with Crippen LogP contribution in [0.25, 0.3) is 0 Å². The summed E-state index contributed by atoms with van der Waals surface area (Å²) in [6.07, 6.45) is 7.12. The van der Waals surface area contributed by atoms with E-state index in [2.05, 4.69) is 55.2 Å². The highest BCUT2D eigenvalue weighted by atomic mass is 15.1. The Kier molecular flexibility index (Phi) is 5.63. The van der Waals surface area contributed by atoms with E-state index in [1.165, 1.54) is 50.0 Å². The molecule has 0 spiro atoms. The van der Waals surface area contributed by atoms with Crippen LogP contribution in [0, 0.1) is 12.3 Å². The lowest BCUT2D eigenvalue weighted by molar-refractivity contribution is 0.238. The van der Waals surface area contributed by atoms with Crippen molar-refractivity contribution >= 4 is 5.69 Å². The molecular weight excluding hydrogens is 258 g/mol. The summed E-state index contributed by atoms with van der Waals surface area (Å²) in [5.74, 6) is 0. The molecule has 118 valence electrons. The SMILES string of the molecule is CCCNCc1cnc(C)cc1N1CCC(C)(CC)CC1. The van der Waals surface area contributed by atoms with Crippen LogP contribution in [0.4, 0.5) is 5.69 Å². The molecule has 21 heavy (non-hydrogen) atoms. The Labute approximate surface area is 130 Å². The maximum atomic E-state index is 4.49. The first-order valence-corrected chi connectivity index (χ1v) is 8.49. The largest absolute Gasteiger partial charge is 0.371 e. The fraction of sp³-hybridized carbons (Fsp3) is 0.722. The van der Waals surface area contributed by atoms with Crippen LogP contribution in [0.5, 0.6) is 0 Å². The molecule has 0 saturated carbocycles. The first-order valence-electron chi connectivity index (χ1n) is 8.49. The van der Waals surface area contributed by atoms with E-state index in [4.69, 9.17) is 0 Å². The summed E-state index contributed by atoms with van der Waals surface area (Å²) in [6, 6.07) is 2.26. The van der Waals surface area contributed by atoms with Gasteiger partial charge in [-0.1, -0.05) is 27.2 Å². The maximum Gasteiger partial charge on any atom is 0.0445 e. The quantitative estimate of drug-likeness (QED) is 0.805. The number of hydrogen-bond donors (Lipinski definition) is 1. The van der Waals surface area contributed by atoms with Crippen molar-refractivity contribution in [3.63, 3.8) is 0 Å². The van der Waals surface area contributed by atoms with E-state index in [1.807, 2.05) is 0 Å². The van der Waals surface area contributed by atoms with Crippen molar-refractivity contribution in [1.29, 1.82) is 0 Å². The zero-order valence-electron chi connectivity index (χ0n) is 14.2. The minimum Gasteiger partial charge on any atom is -0.371 e. The van der Waals surface area contributed by atoms with Crippen LogP contribution in [0.3, 0.4) is 0 Å². The molecule has 1 aliphatic heterocycles. The number of pyridine rings is 1. The number of nitrogens with one attached hydrogen (secondary N) is 1. The molecular formula is C18H31N3. The number of hydrogen-bond acceptors (Lipinski definition) is 3. The highest BCUT2D eigenvalue weighted by Crippen LogP contribution is 2.36. The smallest absolute Gasteiger partial charge is 0.0445 e. The van der Waals surface area contributed by atoms with Gasteiger partial charge in [0.05, 0.1) is 0 Å². The Morgan fingerprint density at radius 1 is 1.29 bits per heavy atom. The van der Waals surface area contributed by atoms with Gasteiger partial charge in [-0.3, -0.25) is 4.98 Å². The molecule has 2 heterocycles. The average Bonchev–Trinajstić information content (AvgIpc) is 2.50. The highest BCUT2D eigenvalue weighted by molar-refractivity contribution is 5.54. The molecule has 3 heteroatoms. The molecule has 0 aromatic carbocycles. The molecule has 0 unspecified atom stereocenters. The number of rotatable bonds is 6. The van der Waals surface area contributed by atoms with Gasteiger partial charge in [-0.25, -0.2) is 0 Å². The van der Waals surface area contributed by atoms with E-state index < -0.39 is 0 Å². The fourth-order valence-corrected chi connectivity index (χ4v) is 3.05. The zero-order valence-corrected chi connectivity index (χ0v) is 14.2. The van der Waals surface area contributed by atoms with Crippen LogP contribution < -0.4 is 10.2 Å². The van der Waals surface area contributed by atoms with E-state index >= 15 is 0 Å². The molecule has 1 aromatic heterocycles. The van der Waals surface area contributed by atoms with Crippen molar-refractivity contribution in [2.45, 2.75) is 59.9 Å². The monoisotopic (exact) mass is 289 g/mol. The van der Waals surface area contributed by atoms with Crippen molar-refractivity contribution < 1.29 is 0 Å². The Morgan fingerprint density at radius 2 is 2.00 bits per heavy atom. The number of anilines is 1. The van der Waals surface area contributed by atoms with E-state index in [0.717, 1.165) is 18.8 Å². The van der Waals surface area contributed by atoms with Crippen LogP contribution in [0.1, 0.15) is 57.7 Å². The Hall–Kier alpha value is -1.09. The molecule has 0 bridgehead atoms. The summed E-state index contributed by atoms with van der Waals surface area (Å²) < 4.78 is 0. The van der Waals surface area contributed by atoms with Gasteiger partial charge in [0.2, 0.25) is 0 Å². The number of piperidine rings is 1. The van der Waals surface area contributed by atoms with Crippen molar-refractivity contribution in [3.05, 3.63) is 23.5 Å². The third-order valence-corrected chi connectivity index (χ3v) is 5.01. The van der Waals surface area contributed by atoms with Gasteiger partial charge in [0, 0.05) is 42.8 Å². The first kappa shape index (κ1) is 16.3. The second-order valence-corrected chi connectivity index (χ2v) is 6.78. The molecule has 3 nitrogen and oxygen atoms in total. The third-order valence-electron chi connectivity index (χ3n) is 5.01. The van der Waals surface area contributed by atoms with Gasteiger partial charge >= 0.3 is 0 Å². The van der Waals surface area contributed by atoms with Crippen molar-refractivity contribution in [2.24, 2.45) is 5.41 Å². The minimum absolute atomic E-state index is 0.541. The molecule has 0 atom stereocenters. The predicted molar refractivity (Wildman–Crippen MR) is 90.8 cm³/mol. The van der Waals surface area contributed by atoms with Gasteiger partial charge in [-0.05, 0) is 44.2 Å². The summed E-state index contributed by atoms with van der Waals surface area (Å²) >= 11 is 0.